The molecule has 0 bridgehead atoms. The van der Waals surface area contributed by atoms with Gasteiger partial charge < -0.3 is 0 Å². The third kappa shape index (κ3) is 5.67. The molecule has 0 N–H and O–H groups in total. The third-order valence-electron chi connectivity index (χ3n) is 7.28. The second-order valence-corrected chi connectivity index (χ2v) is 14.0. The molecule has 51 heavy (non-hydrogen) atoms. The number of hydrogen-bond acceptors (Lipinski definition) is 8. The topological polar surface area (TPSA) is 190 Å². The van der Waals surface area contributed by atoms with Gasteiger partial charge in [0.05, 0.1) is 0 Å². The quantitative estimate of drug-likeness (QED) is 0.0750. The third-order valence-corrected chi connectivity index (χ3v) is 11.5. The number of nitrogens with zero attached hydrogens (tertiary/aromatic N) is 8. The summed E-state index contributed by atoms with van der Waals surface area (Å²) in [6.07, 6.45) is 5.77. The van der Waals surface area contributed by atoms with Crippen LogP contribution in [0.1, 0.15) is 50.1 Å². The van der Waals surface area contributed by atoms with Crippen LogP contribution >= 0.6 is 45.2 Å². The van der Waals surface area contributed by atoms with E-state index in [9.17, 15) is 42.1 Å². The number of halogens is 8. The summed E-state index contributed by atoms with van der Waals surface area (Å²) in [5.74, 6) is -8.49. The molecule has 0 aromatic heterocycles. The second kappa shape index (κ2) is 14.7. The van der Waals surface area contributed by atoms with E-state index in [4.69, 9.17) is 6.42 Å². The summed E-state index contributed by atoms with van der Waals surface area (Å²) in [5, 5.41) is 77.7. The van der Waals surface area contributed by atoms with Crippen molar-refractivity contribution in [1.82, 2.24) is 0 Å². The standard InChI is InChI=1S/C34HF6I2N8.Tl/c1-2-13(27-32(40)34(42)18(9-48)17(8-47)33(27)41)23-24(19(10-49)22-21(35)3-12(4-43)14(5-44)28(22)36)25(23)20(11-50)26-29(37)15(6-45)16(7-46)30(38)31(26)39;/h1H;/b23-13-,24-19+,25-20-;. The first-order valence-corrected chi connectivity index (χ1v) is 17.3. The second-order valence-electron chi connectivity index (χ2n) is 9.59. The van der Waals surface area contributed by atoms with E-state index in [-0.39, 0.29) is 9.13 Å². The predicted molar refractivity (Wildman–Crippen MR) is 179 cm³/mol. The molecule has 3 aromatic rings. The van der Waals surface area contributed by atoms with Crippen molar-refractivity contribution in [2.45, 2.75) is 0 Å². The van der Waals surface area contributed by atoms with Crippen LogP contribution in [0.5, 0.6) is 0 Å². The zero-order chi connectivity index (χ0) is 38.2. The van der Waals surface area contributed by atoms with Crippen molar-refractivity contribution in [3.05, 3.63) is 109 Å². The number of terminal acetylenes is 1. The van der Waals surface area contributed by atoms with Gasteiger partial charge >= 0.3 is 318 Å². The van der Waals surface area contributed by atoms with Gasteiger partial charge in [-0.2, -0.15) is 10.5 Å². The first-order chi connectivity index (χ1) is 24.2. The van der Waals surface area contributed by atoms with E-state index in [0.29, 0.717) is 0 Å². The van der Waals surface area contributed by atoms with Gasteiger partial charge in [0, 0.05) is 0 Å². The van der Waals surface area contributed by atoms with E-state index in [0.717, 1.165) is 6.07 Å². The van der Waals surface area contributed by atoms with Crippen LogP contribution in [0.3, 0.4) is 0 Å². The number of hydrogen-bond donors (Lipinski definition) is 0. The Kier molecular flexibility index (Phi) is 11.0. The molecule has 1 aliphatic rings. The van der Waals surface area contributed by atoms with E-state index in [2.05, 4.69) is 5.92 Å². The van der Waals surface area contributed by atoms with Crippen LogP contribution in [0.2, 0.25) is 0 Å². The summed E-state index contributed by atoms with van der Waals surface area (Å²) in [4.78, 5) is 0. The zero-order valence-electron chi connectivity index (χ0n) is 24.3. The van der Waals surface area contributed by atoms with E-state index in [1.165, 1.54) is 75.5 Å². The molecule has 236 valence electrons. The van der Waals surface area contributed by atoms with Crippen LogP contribution in [0, 0.1) is 145 Å². The van der Waals surface area contributed by atoms with Gasteiger partial charge in [-0.25, -0.2) is 0 Å². The zero-order valence-corrected chi connectivity index (χ0v) is 33.1. The molecular weight excluding hydrogens is 1090 g/mol. The minimum absolute atomic E-state index is 0.299. The molecule has 17 heteroatoms. The number of allylic oxidation sites excluding steroid dienone is 6. The first kappa shape index (κ1) is 38.1. The van der Waals surface area contributed by atoms with Crippen LogP contribution in [0.15, 0.2) is 16.7 Å². The Labute approximate surface area is 326 Å². The molecule has 3 aromatic carbocycles. The van der Waals surface area contributed by atoms with Crippen LogP contribution in [0.25, 0.3) is 16.7 Å². The first-order valence-electron chi connectivity index (χ1n) is 12.9. The van der Waals surface area contributed by atoms with Crippen LogP contribution in [-0.2, 0) is 0 Å². The fraction of sp³-hybridized carbons (Fsp3) is 0. The number of nitriles is 8. The summed E-state index contributed by atoms with van der Waals surface area (Å²) < 4.78 is 93.0. The van der Waals surface area contributed by atoms with Crippen LogP contribution < -0.4 is 3.12 Å². The van der Waals surface area contributed by atoms with E-state index in [1.54, 1.807) is 12.1 Å². The maximum atomic E-state index is 16.1. The van der Waals surface area contributed by atoms with E-state index >= 15 is 26.3 Å². The fourth-order valence-corrected chi connectivity index (χ4v) is 7.94. The summed E-state index contributed by atoms with van der Waals surface area (Å²) in [6, 6.07) is 11.5. The molecule has 0 spiro atoms. The van der Waals surface area contributed by atoms with Gasteiger partial charge in [-0.3, -0.25) is 0 Å². The van der Waals surface area contributed by atoms with Crippen LogP contribution in [0.4, 0.5) is 26.3 Å². The Morgan fingerprint density at radius 1 is 0.451 bits per heavy atom. The van der Waals surface area contributed by atoms with Gasteiger partial charge in [0.25, 0.3) is 0 Å². The molecule has 0 amide bonds. The minimum atomic E-state index is -2.16. The fourth-order valence-electron chi connectivity index (χ4n) is 5.01. The monoisotopic (exact) mass is 1090 g/mol. The number of benzene rings is 3. The molecule has 0 saturated heterocycles. The maximum absolute atomic E-state index is 16.1. The van der Waals surface area contributed by atoms with Crippen molar-refractivity contribution in [1.29, 1.82) is 42.1 Å². The number of rotatable bonds is 3. The summed E-state index contributed by atoms with van der Waals surface area (Å²) in [6.45, 7) is 0. The normalized spacial score (nSPS) is 14.1. The molecule has 0 atom stereocenters. The summed E-state index contributed by atoms with van der Waals surface area (Å²) in [7, 11) is 0. The van der Waals surface area contributed by atoms with Crippen molar-refractivity contribution >= 4 is 90.8 Å². The van der Waals surface area contributed by atoms with E-state index < -0.39 is 145 Å². The summed E-state index contributed by atoms with van der Waals surface area (Å²) in [5.41, 5.74) is -13.7. The van der Waals surface area contributed by atoms with Gasteiger partial charge in [0.1, 0.15) is 0 Å². The molecule has 0 unspecified atom stereocenters. The molecule has 0 aliphatic heterocycles. The molecule has 0 heterocycles. The molecule has 1 fully saturated rings. The Morgan fingerprint density at radius 3 is 1.24 bits per heavy atom. The van der Waals surface area contributed by atoms with Crippen molar-refractivity contribution < 1.29 is 26.3 Å². The van der Waals surface area contributed by atoms with Crippen molar-refractivity contribution in [2.75, 3.05) is 0 Å². The Bertz CT molecular complexity index is 2430. The Balaban J connectivity index is 2.43. The summed E-state index contributed by atoms with van der Waals surface area (Å²) >= 11 is 2.27. The van der Waals surface area contributed by atoms with Gasteiger partial charge in [0.15, 0.2) is 0 Å². The molecular formula is C34HF6I2N8Tl. The van der Waals surface area contributed by atoms with Gasteiger partial charge in [-0.15, -0.1) is 0 Å². The molecule has 4 rings (SSSR count). The van der Waals surface area contributed by atoms with Crippen molar-refractivity contribution in [3.8, 4) is 60.9 Å². The van der Waals surface area contributed by atoms with Crippen molar-refractivity contribution in [2.24, 2.45) is 0 Å². The van der Waals surface area contributed by atoms with Gasteiger partial charge in [-0.1, -0.05) is 0 Å². The molecule has 1 aliphatic carbocycles. The average Bonchev–Trinajstić information content (AvgIpc) is 3.84. The molecule has 0 radical (unpaired) electrons. The predicted octanol–water partition coefficient (Wildman–Crippen LogP) is 6.11. The SMILES string of the molecule is C#C/C(=C1\C(=C(\C#N)c2c(F)[c]([Tl])c(C#N)c(C#N)c2F)\C1=C(\C#N)c1c(F)c(F)c(C#N)c(C#N)c1F)c1c(F)c(I)c(C#N)c(C#N)c1I. The van der Waals surface area contributed by atoms with Crippen LogP contribution in [-0.4, -0.2) is 25.8 Å². The van der Waals surface area contributed by atoms with Crippen molar-refractivity contribution in [3.63, 3.8) is 0 Å². The average molecular weight is 1090 g/mol. The van der Waals surface area contributed by atoms with E-state index in [1.807, 2.05) is 0 Å². The Hall–Kier alpha value is -5.68. The van der Waals surface area contributed by atoms with Gasteiger partial charge in [0.2, 0.25) is 0 Å². The Morgan fingerprint density at radius 2 is 0.824 bits per heavy atom. The molecule has 8 nitrogen and oxygen atoms in total. The van der Waals surface area contributed by atoms with Gasteiger partial charge in [-0.05, 0) is 0 Å². The molecule has 1 saturated carbocycles.